The molecular weight excluding hydrogens is 328 g/mol. The van der Waals surface area contributed by atoms with Crippen molar-refractivity contribution < 1.29 is 4.74 Å². The molecule has 1 fully saturated rings. The zero-order valence-electron chi connectivity index (χ0n) is 15.6. The summed E-state index contributed by atoms with van der Waals surface area (Å²) in [5, 5.41) is 6.80. The van der Waals surface area contributed by atoms with Crippen LogP contribution in [0.5, 0.6) is 0 Å². The Morgan fingerprint density at radius 3 is 2.77 bits per heavy atom. The van der Waals surface area contributed by atoms with Crippen molar-refractivity contribution in [3.63, 3.8) is 0 Å². The van der Waals surface area contributed by atoms with Gasteiger partial charge in [0.1, 0.15) is 5.82 Å². The van der Waals surface area contributed by atoms with Gasteiger partial charge in [-0.2, -0.15) is 4.98 Å². The predicted molar refractivity (Wildman–Crippen MR) is 104 cm³/mol. The lowest BCUT2D eigenvalue weighted by atomic mass is 10.2. The van der Waals surface area contributed by atoms with Gasteiger partial charge in [-0.05, 0) is 25.5 Å². The number of nitrogens with one attached hydrogen (secondary N) is 2. The van der Waals surface area contributed by atoms with Gasteiger partial charge in [0.15, 0.2) is 0 Å². The largest absolute Gasteiger partial charge is 0.379 e. The van der Waals surface area contributed by atoms with Crippen molar-refractivity contribution in [3.05, 3.63) is 30.5 Å². The summed E-state index contributed by atoms with van der Waals surface area (Å²) in [6.07, 6.45) is 2.79. The second-order valence-corrected chi connectivity index (χ2v) is 6.51. The molecule has 2 aromatic rings. The first-order valence-corrected chi connectivity index (χ1v) is 9.35. The van der Waals surface area contributed by atoms with Crippen LogP contribution in [0, 0.1) is 0 Å². The summed E-state index contributed by atoms with van der Waals surface area (Å²) in [4.78, 5) is 16.1. The van der Waals surface area contributed by atoms with E-state index in [1.165, 1.54) is 0 Å². The number of aromatic nitrogens is 3. The number of nitrogens with zero attached hydrogens (tertiary/aromatic N) is 4. The van der Waals surface area contributed by atoms with Crippen molar-refractivity contribution in [2.75, 3.05) is 50.0 Å². The molecule has 0 amide bonds. The normalized spacial score (nSPS) is 16.2. The molecule has 1 aliphatic heterocycles. The molecule has 0 aliphatic carbocycles. The van der Waals surface area contributed by atoms with Crippen molar-refractivity contribution in [1.29, 1.82) is 0 Å². The zero-order valence-corrected chi connectivity index (χ0v) is 15.6. The van der Waals surface area contributed by atoms with E-state index in [1.54, 1.807) is 6.20 Å². The maximum Gasteiger partial charge on any atom is 0.225 e. The minimum atomic E-state index is 0.315. The van der Waals surface area contributed by atoms with E-state index in [9.17, 15) is 0 Å². The third-order valence-electron chi connectivity index (χ3n) is 4.48. The van der Waals surface area contributed by atoms with Crippen LogP contribution in [0.1, 0.15) is 20.3 Å². The average molecular weight is 356 g/mol. The molecule has 0 saturated carbocycles. The number of hydrogen-bond donors (Lipinski definition) is 2. The monoisotopic (exact) mass is 356 g/mol. The molecule has 2 aromatic heterocycles. The third kappa shape index (κ3) is 5.37. The molecule has 1 aliphatic rings. The Morgan fingerprint density at radius 2 is 2.04 bits per heavy atom. The van der Waals surface area contributed by atoms with Gasteiger partial charge in [-0.15, -0.1) is 0 Å². The van der Waals surface area contributed by atoms with Crippen molar-refractivity contribution in [1.82, 2.24) is 19.9 Å². The lowest BCUT2D eigenvalue weighted by Crippen LogP contribution is -2.39. The fourth-order valence-electron chi connectivity index (χ4n) is 2.74. The Kier molecular flexibility index (Phi) is 6.74. The Bertz CT molecular complexity index is 675. The minimum Gasteiger partial charge on any atom is -0.379 e. The van der Waals surface area contributed by atoms with Gasteiger partial charge in [-0.1, -0.05) is 13.0 Å². The Labute approximate surface area is 155 Å². The van der Waals surface area contributed by atoms with Gasteiger partial charge in [0, 0.05) is 44.5 Å². The third-order valence-corrected chi connectivity index (χ3v) is 4.48. The first-order valence-electron chi connectivity index (χ1n) is 9.35. The van der Waals surface area contributed by atoms with Crippen LogP contribution < -0.4 is 10.6 Å². The van der Waals surface area contributed by atoms with E-state index in [1.807, 2.05) is 24.3 Å². The smallest absolute Gasteiger partial charge is 0.225 e. The first kappa shape index (κ1) is 18.5. The Morgan fingerprint density at radius 1 is 1.19 bits per heavy atom. The molecule has 3 rings (SSSR count). The molecule has 7 heteroatoms. The summed E-state index contributed by atoms with van der Waals surface area (Å²) in [7, 11) is 0. The van der Waals surface area contributed by atoms with Gasteiger partial charge in [0.2, 0.25) is 5.95 Å². The topological polar surface area (TPSA) is 75.2 Å². The molecule has 1 saturated heterocycles. The number of hydrogen-bond acceptors (Lipinski definition) is 7. The van der Waals surface area contributed by atoms with Crippen molar-refractivity contribution in [2.24, 2.45) is 0 Å². The zero-order chi connectivity index (χ0) is 18.2. The van der Waals surface area contributed by atoms with Crippen LogP contribution in [-0.2, 0) is 4.74 Å². The highest BCUT2D eigenvalue weighted by molar-refractivity contribution is 5.60. The summed E-state index contributed by atoms with van der Waals surface area (Å²) in [5.41, 5.74) is 1.67. The molecule has 26 heavy (non-hydrogen) atoms. The van der Waals surface area contributed by atoms with Crippen LogP contribution in [0.15, 0.2) is 30.5 Å². The fourth-order valence-corrected chi connectivity index (χ4v) is 2.74. The maximum absolute atomic E-state index is 5.39. The van der Waals surface area contributed by atoms with Gasteiger partial charge in [-0.25, -0.2) is 4.98 Å². The molecule has 1 atom stereocenters. The lowest BCUT2D eigenvalue weighted by Gasteiger charge is -2.26. The molecular formula is C19H28N6O. The number of morpholine rings is 1. The number of rotatable bonds is 8. The van der Waals surface area contributed by atoms with Crippen LogP contribution in [0.3, 0.4) is 0 Å². The molecule has 2 N–H and O–H groups in total. The van der Waals surface area contributed by atoms with E-state index in [2.05, 4.69) is 44.3 Å². The average Bonchev–Trinajstić information content (AvgIpc) is 2.69. The molecule has 7 nitrogen and oxygen atoms in total. The van der Waals surface area contributed by atoms with Crippen molar-refractivity contribution in [3.8, 4) is 11.4 Å². The predicted octanol–water partition coefficient (Wildman–Crippen LogP) is 2.49. The molecule has 140 valence electrons. The highest BCUT2D eigenvalue weighted by Crippen LogP contribution is 2.20. The van der Waals surface area contributed by atoms with Crippen molar-refractivity contribution in [2.45, 2.75) is 26.3 Å². The maximum atomic E-state index is 5.39. The summed E-state index contributed by atoms with van der Waals surface area (Å²) < 4.78 is 5.39. The lowest BCUT2D eigenvalue weighted by molar-refractivity contribution is 0.0398. The highest BCUT2D eigenvalue weighted by atomic mass is 16.5. The molecule has 0 unspecified atom stereocenters. The number of anilines is 2. The number of ether oxygens (including phenoxy) is 1. The minimum absolute atomic E-state index is 0.315. The highest BCUT2D eigenvalue weighted by Gasteiger charge is 2.11. The molecule has 0 radical (unpaired) electrons. The summed E-state index contributed by atoms with van der Waals surface area (Å²) >= 11 is 0. The molecule has 0 aromatic carbocycles. The van der Waals surface area contributed by atoms with E-state index in [4.69, 9.17) is 4.74 Å². The fraction of sp³-hybridized carbons (Fsp3) is 0.526. The Balaban J connectivity index is 1.71. The van der Waals surface area contributed by atoms with Crippen LogP contribution >= 0.6 is 0 Å². The summed E-state index contributed by atoms with van der Waals surface area (Å²) in [6, 6.07) is 8.12. The quantitative estimate of drug-likeness (QED) is 0.752. The van der Waals surface area contributed by atoms with E-state index in [-0.39, 0.29) is 0 Å². The number of pyridine rings is 1. The van der Waals surface area contributed by atoms with Gasteiger partial charge in [0.25, 0.3) is 0 Å². The standard InChI is InChI=1S/C19H28N6O/c1-3-15(2)22-19-23-17(16-6-4-5-7-20-16)14-18(24-19)21-8-9-25-10-12-26-13-11-25/h4-7,14-15H,3,8-13H2,1-2H3,(H2,21,22,23,24)/t15-/m0/s1. The molecule has 0 spiro atoms. The van der Waals surface area contributed by atoms with E-state index < -0.39 is 0 Å². The second kappa shape index (κ2) is 9.45. The summed E-state index contributed by atoms with van der Waals surface area (Å²) in [6.45, 7) is 9.70. The van der Waals surface area contributed by atoms with Gasteiger partial charge in [0.05, 0.1) is 24.6 Å². The van der Waals surface area contributed by atoms with Gasteiger partial charge < -0.3 is 15.4 Å². The van der Waals surface area contributed by atoms with E-state index in [0.717, 1.165) is 63.0 Å². The van der Waals surface area contributed by atoms with Crippen LogP contribution in [0.4, 0.5) is 11.8 Å². The first-order chi connectivity index (χ1) is 12.7. The SMILES string of the molecule is CC[C@H](C)Nc1nc(NCCN2CCOCC2)cc(-c2ccccn2)n1. The van der Waals surface area contributed by atoms with Gasteiger partial charge in [-0.3, -0.25) is 9.88 Å². The van der Waals surface area contributed by atoms with Gasteiger partial charge >= 0.3 is 0 Å². The van der Waals surface area contributed by atoms with Crippen molar-refractivity contribution >= 4 is 11.8 Å². The van der Waals surface area contributed by atoms with Crippen LogP contribution in [-0.4, -0.2) is 65.3 Å². The molecule has 0 bridgehead atoms. The molecule has 3 heterocycles. The Hall–Kier alpha value is -2.25. The van der Waals surface area contributed by atoms with E-state index in [0.29, 0.717) is 12.0 Å². The van der Waals surface area contributed by atoms with Crippen LogP contribution in [0.25, 0.3) is 11.4 Å². The summed E-state index contributed by atoms with van der Waals surface area (Å²) in [5.74, 6) is 1.45. The van der Waals surface area contributed by atoms with E-state index >= 15 is 0 Å². The second-order valence-electron chi connectivity index (χ2n) is 6.51. The van der Waals surface area contributed by atoms with Crippen LogP contribution in [0.2, 0.25) is 0 Å².